The summed E-state index contributed by atoms with van der Waals surface area (Å²) >= 11 is 0. The van der Waals surface area contributed by atoms with Crippen molar-refractivity contribution in [3.63, 3.8) is 0 Å². The molecule has 0 bridgehead atoms. The minimum Gasteiger partial charge on any atom is -0.392 e. The van der Waals surface area contributed by atoms with Gasteiger partial charge in [0.05, 0.1) is 6.61 Å². The van der Waals surface area contributed by atoms with Gasteiger partial charge in [0.1, 0.15) is 11.0 Å². The van der Waals surface area contributed by atoms with Crippen LogP contribution in [0.2, 0.25) is 0 Å². The maximum atomic E-state index is 8.66. The van der Waals surface area contributed by atoms with Gasteiger partial charge < -0.3 is 10.9 Å². The number of nitrogens with zero attached hydrogens (tertiary/aromatic N) is 3. The number of fused-ring (bicyclic) bond motifs is 1. The molecule has 0 fully saturated rings. The zero-order valence-electron chi connectivity index (χ0n) is 7.46. The molecular weight excluding hydrogens is 180 g/mol. The smallest absolute Gasteiger partial charge is 0.119 e. The Hall–Kier alpha value is -1.88. The van der Waals surface area contributed by atoms with Crippen molar-refractivity contribution in [2.45, 2.75) is 0 Å². The van der Waals surface area contributed by atoms with E-state index in [-0.39, 0.29) is 6.61 Å². The normalized spacial score (nSPS) is 11.5. The second-order valence-electron chi connectivity index (χ2n) is 2.83. The van der Waals surface area contributed by atoms with Crippen LogP contribution in [-0.2, 0) is 0 Å². The third kappa shape index (κ3) is 1.33. The summed E-state index contributed by atoms with van der Waals surface area (Å²) in [5, 5.41) is 16.3. The van der Waals surface area contributed by atoms with Crippen molar-refractivity contribution in [3.05, 3.63) is 29.8 Å². The van der Waals surface area contributed by atoms with Gasteiger partial charge in [-0.05, 0) is 11.3 Å². The fourth-order valence-electron chi connectivity index (χ4n) is 1.33. The van der Waals surface area contributed by atoms with Crippen molar-refractivity contribution in [1.29, 1.82) is 0 Å². The number of aliphatic hydroxyl groups is 1. The number of aliphatic hydroxyl groups excluding tert-OH is 1. The van der Waals surface area contributed by atoms with Gasteiger partial charge in [0.15, 0.2) is 0 Å². The zero-order chi connectivity index (χ0) is 9.97. The lowest BCUT2D eigenvalue weighted by atomic mass is 10.1. The highest BCUT2D eigenvalue weighted by atomic mass is 16.2. The van der Waals surface area contributed by atoms with Crippen molar-refractivity contribution in [2.24, 2.45) is 0 Å². The van der Waals surface area contributed by atoms with Crippen LogP contribution in [0.25, 0.3) is 17.1 Å². The molecular formula is C9H10N4O. The Morgan fingerprint density at radius 2 is 2.36 bits per heavy atom. The highest BCUT2D eigenvalue weighted by Gasteiger charge is 2.04. The summed E-state index contributed by atoms with van der Waals surface area (Å²) in [5.74, 6) is 5.60. The van der Waals surface area contributed by atoms with Gasteiger partial charge in [0, 0.05) is 5.56 Å². The highest BCUT2D eigenvalue weighted by Crippen LogP contribution is 2.15. The van der Waals surface area contributed by atoms with Crippen LogP contribution >= 0.6 is 0 Å². The summed E-state index contributed by atoms with van der Waals surface area (Å²) in [6, 6.07) is 5.59. The molecule has 0 radical (unpaired) electrons. The molecule has 5 nitrogen and oxygen atoms in total. The fraction of sp³-hybridized carbons (Fsp3) is 0.111. The molecule has 0 amide bonds. The molecule has 5 heteroatoms. The number of nitrogen functional groups attached to an aromatic ring is 1. The summed E-state index contributed by atoms with van der Waals surface area (Å²) in [6.07, 6.45) is 3.43. The van der Waals surface area contributed by atoms with Gasteiger partial charge in [-0.15, -0.1) is 5.10 Å². The van der Waals surface area contributed by atoms with Crippen LogP contribution in [0.15, 0.2) is 24.3 Å². The average molecular weight is 190 g/mol. The van der Waals surface area contributed by atoms with Crippen LogP contribution in [0.1, 0.15) is 5.56 Å². The highest BCUT2D eigenvalue weighted by molar-refractivity contribution is 5.84. The molecule has 14 heavy (non-hydrogen) atoms. The van der Waals surface area contributed by atoms with Crippen molar-refractivity contribution in [1.82, 2.24) is 15.1 Å². The zero-order valence-corrected chi connectivity index (χ0v) is 7.46. The Labute approximate surface area is 80.4 Å². The molecule has 1 heterocycles. The molecule has 0 atom stereocenters. The Morgan fingerprint density at radius 3 is 3.14 bits per heavy atom. The molecule has 0 unspecified atom stereocenters. The Kier molecular flexibility index (Phi) is 2.16. The maximum absolute atomic E-state index is 8.66. The molecule has 0 spiro atoms. The average Bonchev–Trinajstić information content (AvgIpc) is 2.58. The van der Waals surface area contributed by atoms with Crippen LogP contribution in [0.5, 0.6) is 0 Å². The molecule has 0 saturated carbocycles. The summed E-state index contributed by atoms with van der Waals surface area (Å²) in [4.78, 5) is 1.23. The van der Waals surface area contributed by atoms with Crippen molar-refractivity contribution in [2.75, 3.05) is 12.4 Å². The molecule has 3 N–H and O–H groups in total. The number of para-hydroxylation sites is 1. The van der Waals surface area contributed by atoms with E-state index in [4.69, 9.17) is 10.9 Å². The Bertz CT molecular complexity index is 475. The van der Waals surface area contributed by atoms with Crippen LogP contribution in [0.4, 0.5) is 0 Å². The third-order valence-electron chi connectivity index (χ3n) is 1.93. The predicted molar refractivity (Wildman–Crippen MR) is 53.8 cm³/mol. The van der Waals surface area contributed by atoms with Gasteiger partial charge in [-0.1, -0.05) is 24.3 Å². The van der Waals surface area contributed by atoms with E-state index in [0.717, 1.165) is 16.6 Å². The van der Waals surface area contributed by atoms with Crippen molar-refractivity contribution >= 4 is 17.1 Å². The van der Waals surface area contributed by atoms with E-state index in [1.807, 2.05) is 18.2 Å². The van der Waals surface area contributed by atoms with Gasteiger partial charge >= 0.3 is 0 Å². The van der Waals surface area contributed by atoms with E-state index in [9.17, 15) is 0 Å². The second-order valence-corrected chi connectivity index (χ2v) is 2.83. The summed E-state index contributed by atoms with van der Waals surface area (Å²) in [6.45, 7) is 0.00250. The maximum Gasteiger partial charge on any atom is 0.119 e. The van der Waals surface area contributed by atoms with E-state index in [1.165, 1.54) is 4.79 Å². The lowest BCUT2D eigenvalue weighted by Gasteiger charge is -1.97. The number of hydrogen-bond acceptors (Lipinski definition) is 4. The van der Waals surface area contributed by atoms with Gasteiger partial charge in [-0.25, -0.2) is 0 Å². The third-order valence-corrected chi connectivity index (χ3v) is 1.93. The Balaban J connectivity index is 2.63. The lowest BCUT2D eigenvalue weighted by Crippen LogP contribution is -2.10. The van der Waals surface area contributed by atoms with E-state index in [0.29, 0.717) is 0 Å². The van der Waals surface area contributed by atoms with Crippen molar-refractivity contribution in [3.8, 4) is 0 Å². The first-order chi connectivity index (χ1) is 6.83. The molecule has 2 aromatic rings. The SMILES string of the molecule is Nn1nnc2cccc(/C=C\CO)c21. The summed E-state index contributed by atoms with van der Waals surface area (Å²) in [5.41, 5.74) is 2.40. The molecule has 0 aliphatic heterocycles. The standard InChI is InChI=1S/C9H10N4O/c10-13-9-7(4-2-6-14)3-1-5-8(9)11-12-13/h1-5,14H,6,10H2/b4-2-. The predicted octanol–water partition coefficient (Wildman–Crippen LogP) is 0.151. The quantitative estimate of drug-likeness (QED) is 0.661. The summed E-state index contributed by atoms with van der Waals surface area (Å²) in [7, 11) is 0. The number of nitrogens with two attached hydrogens (primary N) is 1. The second kappa shape index (κ2) is 3.47. The number of aromatic nitrogens is 3. The lowest BCUT2D eigenvalue weighted by molar-refractivity contribution is 0.343. The first-order valence-electron chi connectivity index (χ1n) is 4.20. The van der Waals surface area contributed by atoms with Gasteiger partial charge in [0.2, 0.25) is 0 Å². The van der Waals surface area contributed by atoms with E-state index >= 15 is 0 Å². The fourth-order valence-corrected chi connectivity index (χ4v) is 1.33. The molecule has 1 aromatic heterocycles. The first-order valence-corrected chi connectivity index (χ1v) is 4.20. The van der Waals surface area contributed by atoms with Crippen LogP contribution in [0.3, 0.4) is 0 Å². The largest absolute Gasteiger partial charge is 0.392 e. The van der Waals surface area contributed by atoms with Crippen LogP contribution in [-0.4, -0.2) is 26.8 Å². The molecule has 0 aliphatic rings. The first kappa shape index (κ1) is 8.71. The van der Waals surface area contributed by atoms with Crippen LogP contribution < -0.4 is 5.84 Å². The molecule has 2 rings (SSSR count). The number of benzene rings is 1. The summed E-state index contributed by atoms with van der Waals surface area (Å²) < 4.78 is 0. The van der Waals surface area contributed by atoms with E-state index in [1.54, 1.807) is 12.2 Å². The molecule has 72 valence electrons. The van der Waals surface area contributed by atoms with Crippen molar-refractivity contribution < 1.29 is 5.11 Å². The van der Waals surface area contributed by atoms with Gasteiger partial charge in [-0.3, -0.25) is 0 Å². The monoisotopic (exact) mass is 190 g/mol. The molecule has 0 aliphatic carbocycles. The topological polar surface area (TPSA) is 77.0 Å². The molecule has 1 aromatic carbocycles. The minimum absolute atomic E-state index is 0.00250. The molecule has 0 saturated heterocycles. The van der Waals surface area contributed by atoms with Crippen LogP contribution in [0, 0.1) is 0 Å². The minimum atomic E-state index is 0.00250. The number of hydrogen-bond donors (Lipinski definition) is 2. The van der Waals surface area contributed by atoms with E-state index in [2.05, 4.69) is 10.3 Å². The van der Waals surface area contributed by atoms with Gasteiger partial charge in [0.25, 0.3) is 0 Å². The number of rotatable bonds is 2. The van der Waals surface area contributed by atoms with E-state index < -0.39 is 0 Å². The van der Waals surface area contributed by atoms with Gasteiger partial charge in [-0.2, -0.15) is 4.79 Å². The Morgan fingerprint density at radius 1 is 1.50 bits per heavy atom.